The van der Waals surface area contributed by atoms with Gasteiger partial charge in [-0.25, -0.2) is 0 Å². The zero-order valence-electron chi connectivity index (χ0n) is 14.5. The van der Waals surface area contributed by atoms with Crippen molar-refractivity contribution in [2.75, 3.05) is 0 Å². The van der Waals surface area contributed by atoms with Crippen molar-refractivity contribution in [2.45, 2.75) is 30.8 Å². The number of aromatic hydroxyl groups is 1. The molecule has 0 aliphatic carbocycles. The van der Waals surface area contributed by atoms with Crippen molar-refractivity contribution in [3.63, 3.8) is 0 Å². The van der Waals surface area contributed by atoms with Gasteiger partial charge in [-0.2, -0.15) is 4.68 Å². The molecule has 7 nitrogen and oxygen atoms in total. The Kier molecular flexibility index (Phi) is 5.52. The molecule has 0 saturated carbocycles. The van der Waals surface area contributed by atoms with Crippen LogP contribution in [0.15, 0.2) is 53.7 Å². The number of aromatic nitrogens is 4. The standard InChI is InChI=1S/C18H19N5O2S/c1-12-3-5-14(6-4-12)11-19-17(25)13(2)26-18-20-21-22-23(18)15-7-9-16(24)10-8-15/h3-10,13,24H,11H2,1-2H3,(H,19,25)/t13-/m0/s1. The van der Waals surface area contributed by atoms with Crippen LogP contribution in [0.1, 0.15) is 18.1 Å². The first kappa shape index (κ1) is 17.9. The van der Waals surface area contributed by atoms with Gasteiger partial charge >= 0.3 is 0 Å². The Bertz CT molecular complexity index is 877. The van der Waals surface area contributed by atoms with E-state index in [9.17, 15) is 9.90 Å². The lowest BCUT2D eigenvalue weighted by atomic mass is 10.1. The van der Waals surface area contributed by atoms with Gasteiger partial charge in [0.05, 0.1) is 10.9 Å². The summed E-state index contributed by atoms with van der Waals surface area (Å²) in [5, 5.41) is 24.1. The van der Waals surface area contributed by atoms with Crippen LogP contribution in [0.3, 0.4) is 0 Å². The Morgan fingerprint density at radius 3 is 2.58 bits per heavy atom. The molecule has 0 aliphatic heterocycles. The Hall–Kier alpha value is -2.87. The second-order valence-electron chi connectivity index (χ2n) is 5.85. The number of carbonyl (C=O) groups excluding carboxylic acids is 1. The number of carbonyl (C=O) groups is 1. The van der Waals surface area contributed by atoms with Gasteiger partial charge in [0.25, 0.3) is 0 Å². The van der Waals surface area contributed by atoms with E-state index in [-0.39, 0.29) is 16.9 Å². The third-order valence-electron chi connectivity index (χ3n) is 3.77. The summed E-state index contributed by atoms with van der Waals surface area (Å²) < 4.78 is 1.54. The monoisotopic (exact) mass is 369 g/mol. The number of rotatable bonds is 6. The molecule has 0 unspecified atom stereocenters. The van der Waals surface area contributed by atoms with Crippen LogP contribution in [-0.2, 0) is 11.3 Å². The topological polar surface area (TPSA) is 92.9 Å². The van der Waals surface area contributed by atoms with E-state index < -0.39 is 0 Å². The molecule has 1 heterocycles. The van der Waals surface area contributed by atoms with Crippen molar-refractivity contribution in [1.82, 2.24) is 25.5 Å². The van der Waals surface area contributed by atoms with E-state index >= 15 is 0 Å². The zero-order chi connectivity index (χ0) is 18.5. The van der Waals surface area contributed by atoms with Crippen molar-refractivity contribution >= 4 is 17.7 Å². The number of hydrogen-bond donors (Lipinski definition) is 2. The minimum Gasteiger partial charge on any atom is -0.508 e. The minimum atomic E-state index is -0.359. The molecular weight excluding hydrogens is 350 g/mol. The molecule has 26 heavy (non-hydrogen) atoms. The van der Waals surface area contributed by atoms with Crippen molar-refractivity contribution in [3.8, 4) is 11.4 Å². The Balaban J connectivity index is 1.62. The number of aryl methyl sites for hydroxylation is 1. The van der Waals surface area contributed by atoms with Gasteiger partial charge in [0, 0.05) is 6.54 Å². The molecule has 1 aromatic heterocycles. The SMILES string of the molecule is Cc1ccc(CNC(=O)[C@H](C)Sc2nnnn2-c2ccc(O)cc2)cc1. The van der Waals surface area contributed by atoms with Crippen LogP contribution in [0, 0.1) is 6.92 Å². The summed E-state index contributed by atoms with van der Waals surface area (Å²) in [4.78, 5) is 12.4. The highest BCUT2D eigenvalue weighted by Gasteiger charge is 2.19. The number of nitrogens with zero attached hydrogens (tertiary/aromatic N) is 4. The minimum absolute atomic E-state index is 0.0872. The number of tetrazole rings is 1. The predicted octanol–water partition coefficient (Wildman–Crippen LogP) is 2.47. The molecule has 1 atom stereocenters. The smallest absolute Gasteiger partial charge is 0.233 e. The molecular formula is C18H19N5O2S. The normalized spacial score (nSPS) is 11.9. The quantitative estimate of drug-likeness (QED) is 0.649. The third-order valence-corrected chi connectivity index (χ3v) is 4.81. The number of phenols is 1. The van der Waals surface area contributed by atoms with Gasteiger partial charge in [0.15, 0.2) is 0 Å². The number of hydrogen-bond acceptors (Lipinski definition) is 6. The van der Waals surface area contributed by atoms with Crippen LogP contribution in [-0.4, -0.2) is 36.5 Å². The number of phenolic OH excluding ortho intramolecular Hbond substituents is 1. The number of thioether (sulfide) groups is 1. The molecule has 0 spiro atoms. The van der Waals surface area contributed by atoms with Crippen LogP contribution in [0.5, 0.6) is 5.75 Å². The van der Waals surface area contributed by atoms with E-state index in [1.165, 1.54) is 22.0 Å². The van der Waals surface area contributed by atoms with Crippen molar-refractivity contribution < 1.29 is 9.90 Å². The maximum absolute atomic E-state index is 12.4. The second-order valence-corrected chi connectivity index (χ2v) is 7.16. The van der Waals surface area contributed by atoms with Gasteiger partial charge in [-0.3, -0.25) is 4.79 Å². The van der Waals surface area contributed by atoms with Crippen LogP contribution in [0.4, 0.5) is 0 Å². The zero-order valence-corrected chi connectivity index (χ0v) is 15.3. The lowest BCUT2D eigenvalue weighted by Gasteiger charge is -2.12. The number of nitrogens with one attached hydrogen (secondary N) is 1. The highest BCUT2D eigenvalue weighted by Crippen LogP contribution is 2.23. The van der Waals surface area contributed by atoms with Crippen LogP contribution in [0.25, 0.3) is 5.69 Å². The molecule has 2 N–H and O–H groups in total. The summed E-state index contributed by atoms with van der Waals surface area (Å²) >= 11 is 1.27. The summed E-state index contributed by atoms with van der Waals surface area (Å²) in [6.07, 6.45) is 0. The molecule has 3 aromatic rings. The van der Waals surface area contributed by atoms with Gasteiger partial charge < -0.3 is 10.4 Å². The molecule has 0 radical (unpaired) electrons. The Morgan fingerprint density at radius 2 is 1.88 bits per heavy atom. The van der Waals surface area contributed by atoms with E-state index in [1.807, 2.05) is 38.1 Å². The van der Waals surface area contributed by atoms with E-state index in [0.717, 1.165) is 5.56 Å². The van der Waals surface area contributed by atoms with Gasteiger partial charge in [0.2, 0.25) is 11.1 Å². The van der Waals surface area contributed by atoms with Crippen molar-refractivity contribution in [3.05, 3.63) is 59.7 Å². The molecule has 0 aliphatic rings. The van der Waals surface area contributed by atoms with Crippen LogP contribution in [0.2, 0.25) is 0 Å². The van der Waals surface area contributed by atoms with Crippen molar-refractivity contribution in [2.24, 2.45) is 0 Å². The van der Waals surface area contributed by atoms with Crippen LogP contribution < -0.4 is 5.32 Å². The van der Waals surface area contributed by atoms with Crippen LogP contribution >= 0.6 is 11.8 Å². The Labute approximate surface area is 155 Å². The average molecular weight is 369 g/mol. The fourth-order valence-electron chi connectivity index (χ4n) is 2.26. The first-order chi connectivity index (χ1) is 12.5. The summed E-state index contributed by atoms with van der Waals surface area (Å²) in [7, 11) is 0. The third kappa shape index (κ3) is 4.40. The molecule has 1 amide bonds. The summed E-state index contributed by atoms with van der Waals surface area (Å²) in [6, 6.07) is 14.6. The van der Waals surface area contributed by atoms with Gasteiger partial charge in [-0.15, -0.1) is 5.10 Å². The van der Waals surface area contributed by atoms with Gasteiger partial charge in [-0.05, 0) is 54.1 Å². The van der Waals surface area contributed by atoms with Gasteiger partial charge in [0.1, 0.15) is 5.75 Å². The van der Waals surface area contributed by atoms with Gasteiger partial charge in [-0.1, -0.05) is 41.6 Å². The summed E-state index contributed by atoms with van der Waals surface area (Å²) in [5.74, 6) is 0.0794. The van der Waals surface area contributed by atoms with E-state index in [1.54, 1.807) is 24.3 Å². The lowest BCUT2D eigenvalue weighted by Crippen LogP contribution is -2.30. The highest BCUT2D eigenvalue weighted by atomic mass is 32.2. The fourth-order valence-corrected chi connectivity index (χ4v) is 3.09. The second kappa shape index (κ2) is 8.01. The molecule has 3 rings (SSSR count). The Morgan fingerprint density at radius 1 is 1.19 bits per heavy atom. The van der Waals surface area contributed by atoms with Crippen molar-refractivity contribution in [1.29, 1.82) is 0 Å². The van der Waals surface area contributed by atoms with E-state index in [2.05, 4.69) is 20.8 Å². The maximum atomic E-state index is 12.4. The highest BCUT2D eigenvalue weighted by molar-refractivity contribution is 8.00. The molecule has 0 bridgehead atoms. The predicted molar refractivity (Wildman–Crippen MR) is 99.2 cm³/mol. The summed E-state index contributed by atoms with van der Waals surface area (Å²) in [5.41, 5.74) is 2.95. The maximum Gasteiger partial charge on any atom is 0.233 e. The largest absolute Gasteiger partial charge is 0.508 e. The number of amides is 1. The lowest BCUT2D eigenvalue weighted by molar-refractivity contribution is -0.120. The molecule has 8 heteroatoms. The molecule has 2 aromatic carbocycles. The molecule has 0 saturated heterocycles. The summed E-state index contributed by atoms with van der Waals surface area (Å²) in [6.45, 7) is 4.32. The molecule has 134 valence electrons. The van der Waals surface area contributed by atoms with E-state index in [0.29, 0.717) is 17.4 Å². The average Bonchev–Trinajstić information content (AvgIpc) is 3.09. The van der Waals surface area contributed by atoms with E-state index in [4.69, 9.17) is 0 Å². The first-order valence-electron chi connectivity index (χ1n) is 8.10. The molecule has 0 fully saturated rings. The fraction of sp³-hybridized carbons (Fsp3) is 0.222. The first-order valence-corrected chi connectivity index (χ1v) is 8.98. The number of benzene rings is 2.